The summed E-state index contributed by atoms with van der Waals surface area (Å²) in [4.78, 5) is 23.2. The van der Waals surface area contributed by atoms with Crippen LogP contribution < -0.4 is 11.1 Å². The maximum absolute atomic E-state index is 12.0. The second-order valence-electron chi connectivity index (χ2n) is 5.53. The Hall–Kier alpha value is -1.88. The van der Waals surface area contributed by atoms with Gasteiger partial charge in [0.1, 0.15) is 12.1 Å². The van der Waals surface area contributed by atoms with Crippen LogP contribution in [0, 0.1) is 5.41 Å². The summed E-state index contributed by atoms with van der Waals surface area (Å²) in [5, 5.41) is 11.6. The molecule has 19 heavy (non-hydrogen) atoms. The molecular formula is C14H20N2O3. The SMILES string of the molecule is CC(C)(C)C(NC(=O)C(N)c1ccccc1)C(=O)O. The second kappa shape index (κ2) is 5.84. The maximum Gasteiger partial charge on any atom is 0.326 e. The van der Waals surface area contributed by atoms with E-state index in [0.717, 1.165) is 0 Å². The van der Waals surface area contributed by atoms with Gasteiger partial charge >= 0.3 is 5.97 Å². The summed E-state index contributed by atoms with van der Waals surface area (Å²) in [6, 6.07) is 7.00. The Kier molecular flexibility index (Phi) is 4.67. The number of hydrogen-bond donors (Lipinski definition) is 3. The van der Waals surface area contributed by atoms with Crippen molar-refractivity contribution in [2.75, 3.05) is 0 Å². The first-order valence-corrected chi connectivity index (χ1v) is 6.07. The van der Waals surface area contributed by atoms with Gasteiger partial charge in [-0.2, -0.15) is 0 Å². The molecule has 0 saturated heterocycles. The average Bonchev–Trinajstić information content (AvgIpc) is 2.34. The fourth-order valence-corrected chi connectivity index (χ4v) is 1.69. The minimum absolute atomic E-state index is 0.492. The topological polar surface area (TPSA) is 92.4 Å². The summed E-state index contributed by atoms with van der Waals surface area (Å²) >= 11 is 0. The molecule has 0 saturated carbocycles. The van der Waals surface area contributed by atoms with Crippen LogP contribution in [0.1, 0.15) is 32.4 Å². The fourth-order valence-electron chi connectivity index (χ4n) is 1.69. The van der Waals surface area contributed by atoms with Crippen molar-refractivity contribution in [2.45, 2.75) is 32.9 Å². The molecule has 104 valence electrons. The molecule has 1 aromatic rings. The number of hydrogen-bond acceptors (Lipinski definition) is 3. The van der Waals surface area contributed by atoms with E-state index in [2.05, 4.69) is 5.32 Å². The Labute approximate surface area is 112 Å². The van der Waals surface area contributed by atoms with Gasteiger partial charge < -0.3 is 16.2 Å². The lowest BCUT2D eigenvalue weighted by atomic mass is 9.86. The summed E-state index contributed by atoms with van der Waals surface area (Å²) in [7, 11) is 0. The van der Waals surface area contributed by atoms with Gasteiger partial charge in [-0.05, 0) is 11.0 Å². The Morgan fingerprint density at radius 1 is 1.21 bits per heavy atom. The van der Waals surface area contributed by atoms with Crippen LogP contribution in [-0.2, 0) is 9.59 Å². The van der Waals surface area contributed by atoms with Crippen LogP contribution in [0.25, 0.3) is 0 Å². The van der Waals surface area contributed by atoms with Crippen molar-refractivity contribution in [3.05, 3.63) is 35.9 Å². The van der Waals surface area contributed by atoms with E-state index in [1.54, 1.807) is 45.0 Å². The zero-order chi connectivity index (χ0) is 14.6. The van der Waals surface area contributed by atoms with E-state index in [9.17, 15) is 9.59 Å². The Morgan fingerprint density at radius 2 is 1.74 bits per heavy atom. The quantitative estimate of drug-likeness (QED) is 0.764. The summed E-state index contributed by atoms with van der Waals surface area (Å²) in [5.41, 5.74) is 5.89. The number of carbonyl (C=O) groups is 2. The van der Waals surface area contributed by atoms with Gasteiger partial charge in [0.25, 0.3) is 0 Å². The minimum atomic E-state index is -1.07. The molecule has 0 heterocycles. The largest absolute Gasteiger partial charge is 0.480 e. The molecule has 0 aliphatic carbocycles. The van der Waals surface area contributed by atoms with Crippen LogP contribution in [0.4, 0.5) is 0 Å². The lowest BCUT2D eigenvalue weighted by Crippen LogP contribution is -2.51. The zero-order valence-electron chi connectivity index (χ0n) is 11.4. The monoisotopic (exact) mass is 264 g/mol. The van der Waals surface area contributed by atoms with Crippen molar-refractivity contribution in [3.8, 4) is 0 Å². The van der Waals surface area contributed by atoms with E-state index in [1.807, 2.05) is 6.07 Å². The van der Waals surface area contributed by atoms with Gasteiger partial charge in [0.15, 0.2) is 0 Å². The average molecular weight is 264 g/mol. The van der Waals surface area contributed by atoms with E-state index in [-0.39, 0.29) is 0 Å². The van der Waals surface area contributed by atoms with Gasteiger partial charge in [-0.25, -0.2) is 4.79 Å². The predicted molar refractivity (Wildman–Crippen MR) is 72.4 cm³/mol. The molecule has 4 N–H and O–H groups in total. The maximum atomic E-state index is 12.0. The molecular weight excluding hydrogens is 244 g/mol. The Bertz CT molecular complexity index is 452. The molecule has 0 aliphatic heterocycles. The van der Waals surface area contributed by atoms with E-state index in [4.69, 9.17) is 10.8 Å². The number of amides is 1. The van der Waals surface area contributed by atoms with Crippen molar-refractivity contribution in [1.82, 2.24) is 5.32 Å². The number of nitrogens with one attached hydrogen (secondary N) is 1. The number of aliphatic carboxylic acids is 1. The third-order valence-electron chi connectivity index (χ3n) is 2.84. The lowest BCUT2D eigenvalue weighted by molar-refractivity contribution is -0.145. The number of carbonyl (C=O) groups excluding carboxylic acids is 1. The van der Waals surface area contributed by atoms with Crippen LogP contribution in [0.5, 0.6) is 0 Å². The summed E-state index contributed by atoms with van der Waals surface area (Å²) < 4.78 is 0. The highest BCUT2D eigenvalue weighted by molar-refractivity contribution is 5.88. The van der Waals surface area contributed by atoms with Gasteiger partial charge in [0.2, 0.25) is 5.91 Å². The highest BCUT2D eigenvalue weighted by atomic mass is 16.4. The molecule has 2 unspecified atom stereocenters. The van der Waals surface area contributed by atoms with E-state index in [0.29, 0.717) is 5.56 Å². The standard InChI is InChI=1S/C14H20N2O3/c1-14(2,3)11(13(18)19)16-12(17)10(15)9-7-5-4-6-8-9/h4-8,10-11H,15H2,1-3H3,(H,16,17)(H,18,19). The molecule has 5 nitrogen and oxygen atoms in total. The van der Waals surface area contributed by atoms with E-state index < -0.39 is 29.4 Å². The normalized spacial score (nSPS) is 14.5. The molecule has 1 aromatic carbocycles. The van der Waals surface area contributed by atoms with Crippen LogP contribution >= 0.6 is 0 Å². The number of carboxylic acid groups (broad SMARTS) is 1. The molecule has 2 atom stereocenters. The van der Waals surface area contributed by atoms with Gasteiger partial charge in [-0.1, -0.05) is 51.1 Å². The minimum Gasteiger partial charge on any atom is -0.480 e. The highest BCUT2D eigenvalue weighted by Gasteiger charge is 2.33. The Morgan fingerprint density at radius 3 is 2.16 bits per heavy atom. The van der Waals surface area contributed by atoms with Crippen molar-refractivity contribution < 1.29 is 14.7 Å². The molecule has 1 rings (SSSR count). The number of benzene rings is 1. The van der Waals surface area contributed by atoms with Crippen LogP contribution in [-0.4, -0.2) is 23.0 Å². The van der Waals surface area contributed by atoms with Crippen LogP contribution in [0.15, 0.2) is 30.3 Å². The van der Waals surface area contributed by atoms with Gasteiger partial charge in [0.05, 0.1) is 0 Å². The number of rotatable bonds is 4. The number of carboxylic acids is 1. The third-order valence-corrected chi connectivity index (χ3v) is 2.84. The zero-order valence-corrected chi connectivity index (χ0v) is 11.4. The van der Waals surface area contributed by atoms with Gasteiger partial charge in [0, 0.05) is 0 Å². The molecule has 5 heteroatoms. The fraction of sp³-hybridized carbons (Fsp3) is 0.429. The van der Waals surface area contributed by atoms with Crippen molar-refractivity contribution >= 4 is 11.9 Å². The molecule has 0 aromatic heterocycles. The molecule has 0 radical (unpaired) electrons. The highest BCUT2D eigenvalue weighted by Crippen LogP contribution is 2.20. The third kappa shape index (κ3) is 4.06. The predicted octanol–water partition coefficient (Wildman–Crippen LogP) is 1.30. The molecule has 0 aliphatic rings. The summed E-state index contributed by atoms with van der Waals surface area (Å²) in [5.74, 6) is -1.56. The van der Waals surface area contributed by atoms with Crippen molar-refractivity contribution in [1.29, 1.82) is 0 Å². The molecule has 0 fully saturated rings. The summed E-state index contributed by atoms with van der Waals surface area (Å²) in [6.07, 6.45) is 0. The van der Waals surface area contributed by atoms with Crippen molar-refractivity contribution in [3.63, 3.8) is 0 Å². The van der Waals surface area contributed by atoms with Gasteiger partial charge in [-0.15, -0.1) is 0 Å². The summed E-state index contributed by atoms with van der Waals surface area (Å²) in [6.45, 7) is 5.25. The molecule has 0 spiro atoms. The van der Waals surface area contributed by atoms with E-state index in [1.165, 1.54) is 0 Å². The van der Waals surface area contributed by atoms with Crippen molar-refractivity contribution in [2.24, 2.45) is 11.1 Å². The second-order valence-corrected chi connectivity index (χ2v) is 5.53. The molecule has 0 bridgehead atoms. The first-order chi connectivity index (χ1) is 8.73. The van der Waals surface area contributed by atoms with E-state index >= 15 is 0 Å². The Balaban J connectivity index is 2.81. The van der Waals surface area contributed by atoms with Gasteiger partial charge in [-0.3, -0.25) is 4.79 Å². The first kappa shape index (κ1) is 15.2. The first-order valence-electron chi connectivity index (χ1n) is 6.07. The smallest absolute Gasteiger partial charge is 0.326 e. The van der Waals surface area contributed by atoms with Crippen LogP contribution in [0.3, 0.4) is 0 Å². The number of nitrogens with two attached hydrogens (primary N) is 1. The lowest BCUT2D eigenvalue weighted by Gasteiger charge is -2.28. The van der Waals surface area contributed by atoms with Crippen LogP contribution in [0.2, 0.25) is 0 Å². The molecule has 1 amide bonds.